The number of pyridine rings is 1. The minimum Gasteiger partial charge on any atom is -0.204 e. The Hall–Kier alpha value is -3.22. The zero-order chi connectivity index (χ0) is 22.4. The third-order valence-electron chi connectivity index (χ3n) is 4.76. The van der Waals surface area contributed by atoms with Crippen LogP contribution in [-0.2, 0) is 12.9 Å². The quantitative estimate of drug-likeness (QED) is 0.141. The van der Waals surface area contributed by atoms with Crippen molar-refractivity contribution in [1.29, 1.82) is 0 Å². The van der Waals surface area contributed by atoms with Crippen LogP contribution in [0.25, 0.3) is 10.9 Å². The average molecular weight is 427 g/mol. The second-order valence-electron chi connectivity index (χ2n) is 6.73. The number of fused-ring (bicyclic) bond motifs is 1. The molecule has 1 heterocycles. The van der Waals surface area contributed by atoms with Gasteiger partial charge in [-0.3, -0.25) is 0 Å². The number of nitrogens with zero attached hydrogens (tertiary/aromatic N) is 1. The van der Waals surface area contributed by atoms with Crippen LogP contribution >= 0.6 is 0 Å². The van der Waals surface area contributed by atoms with Gasteiger partial charge in [-0.25, -0.2) is 22.0 Å². The average Bonchev–Trinajstić information content (AvgIpc) is 2.82. The molecule has 4 rings (SSSR count). The van der Waals surface area contributed by atoms with Crippen LogP contribution in [0, 0.1) is 29.1 Å². The van der Waals surface area contributed by atoms with Crippen LogP contribution in [0.5, 0.6) is 0 Å². The number of benzene rings is 3. The molecule has 0 unspecified atom stereocenters. The lowest BCUT2D eigenvalue weighted by Gasteiger charge is -2.07. The first-order valence-electron chi connectivity index (χ1n) is 9.69. The summed E-state index contributed by atoms with van der Waals surface area (Å²) in [4.78, 5) is 0. The lowest BCUT2D eigenvalue weighted by molar-refractivity contribution is -0.667. The van der Waals surface area contributed by atoms with E-state index in [1.165, 1.54) is 10.9 Å². The molecule has 4 aromatic rings. The molecule has 1 nitrogen and oxygen atoms in total. The van der Waals surface area contributed by atoms with E-state index in [1.807, 2.05) is 0 Å². The number of rotatable bonds is 4. The van der Waals surface area contributed by atoms with Gasteiger partial charge < -0.3 is 0 Å². The molecule has 0 saturated carbocycles. The van der Waals surface area contributed by atoms with Crippen molar-refractivity contribution in [3.05, 3.63) is 108 Å². The van der Waals surface area contributed by atoms with Gasteiger partial charge in [0.25, 0.3) is 0 Å². The van der Waals surface area contributed by atoms with E-state index in [0.29, 0.717) is 5.56 Å². The van der Waals surface area contributed by atoms with Crippen LogP contribution in [-0.4, -0.2) is 7.28 Å². The molecular formula is C24H19BF5N+. The smallest absolute Gasteiger partial charge is 0.204 e. The van der Waals surface area contributed by atoms with Gasteiger partial charge >= 0.3 is 0 Å². The predicted molar refractivity (Wildman–Crippen MR) is 112 cm³/mol. The SMILES string of the molecule is CC[n+]1cccc2ccccc21.Fc1c(F)c(F)c([B]Cc2ccccc2)c(F)c1F. The number of aryl methyl sites for hydroxylation is 1. The third kappa shape index (κ3) is 5.10. The number of hydrogen-bond donors (Lipinski definition) is 0. The summed E-state index contributed by atoms with van der Waals surface area (Å²) in [7, 11) is 0.978. The Bertz CT molecular complexity index is 1150. The Morgan fingerprint density at radius 1 is 0.677 bits per heavy atom. The zero-order valence-electron chi connectivity index (χ0n) is 16.8. The Balaban J connectivity index is 0.000000194. The molecule has 0 aliphatic heterocycles. The van der Waals surface area contributed by atoms with E-state index in [2.05, 4.69) is 54.1 Å². The first kappa shape index (κ1) is 22.5. The van der Waals surface area contributed by atoms with E-state index in [1.54, 1.807) is 30.3 Å². The molecule has 157 valence electrons. The maximum absolute atomic E-state index is 13.4. The lowest BCUT2D eigenvalue weighted by atomic mass is 9.64. The highest BCUT2D eigenvalue weighted by Crippen LogP contribution is 2.16. The van der Waals surface area contributed by atoms with Gasteiger partial charge in [0, 0.05) is 17.5 Å². The molecule has 7 heteroatoms. The number of aromatic nitrogens is 1. The lowest BCUT2D eigenvalue weighted by Crippen LogP contribution is -2.32. The Labute approximate surface area is 178 Å². The van der Waals surface area contributed by atoms with Crippen LogP contribution in [0.4, 0.5) is 22.0 Å². The van der Waals surface area contributed by atoms with Gasteiger partial charge in [-0.2, -0.15) is 4.57 Å². The molecule has 0 atom stereocenters. The summed E-state index contributed by atoms with van der Waals surface area (Å²) in [5.74, 6) is -9.64. The summed E-state index contributed by atoms with van der Waals surface area (Å²) in [5, 5.41) is 1.31. The molecule has 1 radical (unpaired) electrons. The molecule has 0 fully saturated rings. The van der Waals surface area contributed by atoms with E-state index in [-0.39, 0.29) is 6.32 Å². The minimum absolute atomic E-state index is 0.0686. The number of hydrogen-bond acceptors (Lipinski definition) is 0. The normalized spacial score (nSPS) is 10.5. The molecule has 0 N–H and O–H groups in total. The van der Waals surface area contributed by atoms with E-state index in [4.69, 9.17) is 0 Å². The highest BCUT2D eigenvalue weighted by Gasteiger charge is 2.25. The fraction of sp³-hybridized carbons (Fsp3) is 0.125. The van der Waals surface area contributed by atoms with Gasteiger partial charge in [-0.15, -0.1) is 0 Å². The maximum Gasteiger partial charge on any atom is 0.212 e. The number of halogens is 5. The van der Waals surface area contributed by atoms with Crippen molar-refractivity contribution < 1.29 is 26.5 Å². The first-order chi connectivity index (χ1) is 14.9. The number of para-hydroxylation sites is 1. The Morgan fingerprint density at radius 3 is 1.87 bits per heavy atom. The van der Waals surface area contributed by atoms with Crippen molar-refractivity contribution >= 4 is 23.6 Å². The zero-order valence-corrected chi connectivity index (χ0v) is 16.8. The Morgan fingerprint density at radius 2 is 1.23 bits per heavy atom. The first-order valence-corrected chi connectivity index (χ1v) is 9.69. The van der Waals surface area contributed by atoms with Crippen molar-refractivity contribution in [2.75, 3.05) is 0 Å². The fourth-order valence-electron chi connectivity index (χ4n) is 3.13. The summed E-state index contributed by atoms with van der Waals surface area (Å²) >= 11 is 0. The molecule has 0 bridgehead atoms. The summed E-state index contributed by atoms with van der Waals surface area (Å²) in [6.45, 7) is 3.19. The summed E-state index contributed by atoms with van der Waals surface area (Å²) in [5.41, 5.74) is 1.11. The van der Waals surface area contributed by atoms with Gasteiger partial charge in [-0.05, 0) is 30.8 Å². The molecule has 0 saturated heterocycles. The van der Waals surface area contributed by atoms with E-state index < -0.39 is 34.5 Å². The van der Waals surface area contributed by atoms with Crippen LogP contribution < -0.4 is 10.0 Å². The fourth-order valence-corrected chi connectivity index (χ4v) is 3.13. The van der Waals surface area contributed by atoms with Gasteiger partial charge in [0.05, 0.1) is 0 Å². The van der Waals surface area contributed by atoms with Crippen LogP contribution in [0.1, 0.15) is 12.5 Å². The highest BCUT2D eigenvalue weighted by molar-refractivity contribution is 6.53. The highest BCUT2D eigenvalue weighted by atomic mass is 19.2. The summed E-state index contributed by atoms with van der Waals surface area (Å²) in [6, 6.07) is 21.2. The molecular weight excluding hydrogens is 408 g/mol. The van der Waals surface area contributed by atoms with E-state index in [9.17, 15) is 22.0 Å². The minimum atomic E-state index is -2.15. The van der Waals surface area contributed by atoms with E-state index in [0.717, 1.165) is 13.8 Å². The van der Waals surface area contributed by atoms with Gasteiger partial charge in [-0.1, -0.05) is 48.0 Å². The topological polar surface area (TPSA) is 3.88 Å². The molecule has 0 aliphatic rings. The Kier molecular flexibility index (Phi) is 7.39. The van der Waals surface area contributed by atoms with Crippen LogP contribution in [0.2, 0.25) is 0 Å². The monoisotopic (exact) mass is 427 g/mol. The van der Waals surface area contributed by atoms with Crippen molar-refractivity contribution in [3.63, 3.8) is 0 Å². The van der Waals surface area contributed by atoms with Crippen molar-refractivity contribution in [2.45, 2.75) is 19.8 Å². The molecule has 3 aromatic carbocycles. The molecule has 1 aromatic heterocycles. The third-order valence-corrected chi connectivity index (χ3v) is 4.76. The molecule has 31 heavy (non-hydrogen) atoms. The molecule has 0 amide bonds. The summed E-state index contributed by atoms with van der Waals surface area (Å²) < 4.78 is 67.7. The van der Waals surface area contributed by atoms with E-state index >= 15 is 0 Å². The van der Waals surface area contributed by atoms with Gasteiger partial charge in [0.15, 0.2) is 42.6 Å². The van der Waals surface area contributed by atoms with Crippen molar-refractivity contribution in [3.8, 4) is 0 Å². The molecule has 0 aliphatic carbocycles. The summed E-state index contributed by atoms with van der Waals surface area (Å²) in [6.07, 6.45) is 2.18. The van der Waals surface area contributed by atoms with Crippen LogP contribution in [0.15, 0.2) is 72.9 Å². The van der Waals surface area contributed by atoms with Crippen molar-refractivity contribution in [1.82, 2.24) is 0 Å². The standard InChI is InChI=1S/C13H7BF5.C11H12N/c15-9-8(10(16)12(18)13(19)11(9)17)14-6-7-4-2-1-3-5-7;1-2-12-9-5-7-10-6-3-4-8-11(10)12/h1-5H,6H2;3-9H,2H2,1H3/q;+1. The van der Waals surface area contributed by atoms with Gasteiger partial charge in [0.2, 0.25) is 5.52 Å². The van der Waals surface area contributed by atoms with Gasteiger partial charge in [0.1, 0.15) is 6.54 Å². The second-order valence-corrected chi connectivity index (χ2v) is 6.73. The van der Waals surface area contributed by atoms with Crippen LogP contribution in [0.3, 0.4) is 0 Å². The predicted octanol–water partition coefficient (Wildman–Crippen LogP) is 5.06. The largest absolute Gasteiger partial charge is 0.212 e. The van der Waals surface area contributed by atoms with Crippen molar-refractivity contribution in [2.24, 2.45) is 0 Å². The molecule has 0 spiro atoms. The second kappa shape index (κ2) is 10.2. The maximum atomic E-state index is 13.4.